The number of imidazole rings is 1. The van der Waals surface area contributed by atoms with E-state index in [1.807, 2.05) is 11.5 Å². The zero-order valence-corrected chi connectivity index (χ0v) is 11.2. The van der Waals surface area contributed by atoms with E-state index in [1.165, 1.54) is 6.20 Å². The molecular formula is C12H13ClFN5. The number of nitrogens with zero attached hydrogens (tertiary/aromatic N) is 5. The molecule has 1 aliphatic rings. The molecule has 2 aromatic rings. The van der Waals surface area contributed by atoms with Gasteiger partial charge in [0, 0.05) is 13.1 Å². The van der Waals surface area contributed by atoms with E-state index in [2.05, 4.69) is 19.9 Å². The average Bonchev–Trinajstić information content (AvgIpc) is 2.83. The molecule has 0 N–H and O–H groups in total. The fourth-order valence-electron chi connectivity index (χ4n) is 2.47. The Bertz CT molecular complexity index is 600. The van der Waals surface area contributed by atoms with Crippen molar-refractivity contribution >= 4 is 17.4 Å². The number of hydrogen-bond donors (Lipinski definition) is 0. The van der Waals surface area contributed by atoms with E-state index in [9.17, 15) is 4.39 Å². The first-order valence-corrected chi connectivity index (χ1v) is 6.43. The van der Waals surface area contributed by atoms with Crippen LogP contribution in [0.25, 0.3) is 0 Å². The van der Waals surface area contributed by atoms with Crippen LogP contribution in [0.3, 0.4) is 0 Å². The Morgan fingerprint density at radius 1 is 1.37 bits per heavy atom. The lowest BCUT2D eigenvalue weighted by Gasteiger charge is -2.35. The number of fused-ring (bicyclic) bond motifs is 1. The average molecular weight is 282 g/mol. The summed E-state index contributed by atoms with van der Waals surface area (Å²) in [5.74, 6) is 1.22. The molecule has 19 heavy (non-hydrogen) atoms. The number of halogens is 2. The molecule has 100 valence electrons. The summed E-state index contributed by atoms with van der Waals surface area (Å²) in [6.07, 6.45) is 4.92. The Morgan fingerprint density at radius 3 is 2.95 bits per heavy atom. The fourth-order valence-corrected chi connectivity index (χ4v) is 2.62. The van der Waals surface area contributed by atoms with Gasteiger partial charge in [-0.3, -0.25) is 4.98 Å². The molecule has 0 amide bonds. The quantitative estimate of drug-likeness (QED) is 0.848. The number of aromatic nitrogens is 4. The van der Waals surface area contributed by atoms with Gasteiger partial charge in [0.1, 0.15) is 23.5 Å². The predicted molar refractivity (Wildman–Crippen MR) is 69.8 cm³/mol. The van der Waals surface area contributed by atoms with Gasteiger partial charge in [-0.05, 0) is 6.92 Å². The Morgan fingerprint density at radius 2 is 2.21 bits per heavy atom. The van der Waals surface area contributed by atoms with E-state index >= 15 is 0 Å². The van der Waals surface area contributed by atoms with Gasteiger partial charge >= 0.3 is 0 Å². The highest BCUT2D eigenvalue weighted by Crippen LogP contribution is 2.30. The van der Waals surface area contributed by atoms with Crippen LogP contribution in [0.4, 0.5) is 10.2 Å². The van der Waals surface area contributed by atoms with Crippen molar-refractivity contribution in [2.75, 3.05) is 11.4 Å². The largest absolute Gasteiger partial charge is 0.345 e. The highest BCUT2D eigenvalue weighted by molar-refractivity contribution is 6.29. The summed E-state index contributed by atoms with van der Waals surface area (Å²) in [4.78, 5) is 14.5. The molecule has 5 nitrogen and oxygen atoms in total. The van der Waals surface area contributed by atoms with Crippen molar-refractivity contribution in [3.05, 3.63) is 35.3 Å². The lowest BCUT2D eigenvalue weighted by Crippen LogP contribution is -2.37. The van der Waals surface area contributed by atoms with Gasteiger partial charge < -0.3 is 9.47 Å². The van der Waals surface area contributed by atoms with Gasteiger partial charge in [0.15, 0.2) is 0 Å². The maximum Gasteiger partial charge on any atom is 0.149 e. The summed E-state index contributed by atoms with van der Waals surface area (Å²) in [6.45, 7) is 2.92. The molecule has 0 spiro atoms. The van der Waals surface area contributed by atoms with E-state index in [4.69, 9.17) is 11.6 Å². The molecule has 1 atom stereocenters. The SMILES string of the molecule is CC1c2cnc(CF)n2CCN1c1cncc(Cl)n1. The van der Waals surface area contributed by atoms with E-state index in [-0.39, 0.29) is 6.04 Å². The minimum absolute atomic E-state index is 0.0642. The molecule has 1 unspecified atom stereocenters. The molecular weight excluding hydrogens is 269 g/mol. The van der Waals surface area contributed by atoms with Crippen molar-refractivity contribution in [3.63, 3.8) is 0 Å². The lowest BCUT2D eigenvalue weighted by atomic mass is 10.1. The third kappa shape index (κ3) is 2.06. The Labute approximate surface area is 115 Å². The van der Waals surface area contributed by atoms with Crippen LogP contribution >= 0.6 is 11.6 Å². The molecule has 0 saturated carbocycles. The minimum Gasteiger partial charge on any atom is -0.345 e. The summed E-state index contributed by atoms with van der Waals surface area (Å²) in [7, 11) is 0. The second-order valence-electron chi connectivity index (χ2n) is 4.45. The molecule has 2 aromatic heterocycles. The molecule has 1 aliphatic heterocycles. The van der Waals surface area contributed by atoms with Crippen LogP contribution in [-0.2, 0) is 13.2 Å². The molecule has 3 heterocycles. The third-order valence-electron chi connectivity index (χ3n) is 3.44. The standard InChI is InChI=1S/C12H13ClFN5/c1-8-9-5-16-11(4-14)19(9)3-2-18(8)12-7-15-6-10(13)17-12/h5-8H,2-4H2,1H3. The molecule has 0 fully saturated rings. The lowest BCUT2D eigenvalue weighted by molar-refractivity contribution is 0.423. The van der Waals surface area contributed by atoms with E-state index < -0.39 is 6.67 Å². The topological polar surface area (TPSA) is 46.8 Å². The normalized spacial score (nSPS) is 18.5. The monoisotopic (exact) mass is 281 g/mol. The van der Waals surface area contributed by atoms with E-state index in [0.717, 1.165) is 18.1 Å². The molecule has 0 radical (unpaired) electrons. The minimum atomic E-state index is -0.538. The Hall–Kier alpha value is -1.69. The van der Waals surface area contributed by atoms with Crippen LogP contribution in [0.15, 0.2) is 18.6 Å². The maximum absolute atomic E-state index is 12.8. The van der Waals surface area contributed by atoms with Gasteiger partial charge in [-0.2, -0.15) is 0 Å². The zero-order valence-electron chi connectivity index (χ0n) is 10.4. The van der Waals surface area contributed by atoms with Gasteiger partial charge in [-0.1, -0.05) is 11.6 Å². The van der Waals surface area contributed by atoms with Crippen molar-refractivity contribution in [2.24, 2.45) is 0 Å². The Kier molecular flexibility index (Phi) is 3.10. The third-order valence-corrected chi connectivity index (χ3v) is 3.62. The van der Waals surface area contributed by atoms with Crippen molar-refractivity contribution in [3.8, 4) is 0 Å². The zero-order chi connectivity index (χ0) is 13.4. The van der Waals surface area contributed by atoms with E-state index in [1.54, 1.807) is 12.4 Å². The second kappa shape index (κ2) is 4.77. The Balaban J connectivity index is 1.95. The van der Waals surface area contributed by atoms with Gasteiger partial charge in [0.05, 0.1) is 30.3 Å². The van der Waals surface area contributed by atoms with Crippen LogP contribution in [0.1, 0.15) is 24.5 Å². The van der Waals surface area contributed by atoms with Crippen molar-refractivity contribution in [2.45, 2.75) is 26.2 Å². The van der Waals surface area contributed by atoms with E-state index in [0.29, 0.717) is 17.5 Å². The second-order valence-corrected chi connectivity index (χ2v) is 4.84. The smallest absolute Gasteiger partial charge is 0.149 e. The highest BCUT2D eigenvalue weighted by Gasteiger charge is 2.27. The van der Waals surface area contributed by atoms with Crippen molar-refractivity contribution in [1.82, 2.24) is 19.5 Å². The van der Waals surface area contributed by atoms with Gasteiger partial charge in [0.2, 0.25) is 0 Å². The summed E-state index contributed by atoms with van der Waals surface area (Å²) >= 11 is 5.87. The fraction of sp³-hybridized carbons (Fsp3) is 0.417. The summed E-state index contributed by atoms with van der Waals surface area (Å²) < 4.78 is 14.7. The molecule has 0 bridgehead atoms. The first kappa shape index (κ1) is 12.3. The molecule has 0 aliphatic carbocycles. The molecule has 0 saturated heterocycles. The van der Waals surface area contributed by atoms with Gasteiger partial charge in [-0.15, -0.1) is 0 Å². The van der Waals surface area contributed by atoms with Crippen LogP contribution in [0.2, 0.25) is 5.15 Å². The summed E-state index contributed by atoms with van der Waals surface area (Å²) in [5, 5.41) is 0.369. The molecule has 0 aromatic carbocycles. The van der Waals surface area contributed by atoms with Gasteiger partial charge in [0.25, 0.3) is 0 Å². The van der Waals surface area contributed by atoms with Crippen molar-refractivity contribution < 1.29 is 4.39 Å². The van der Waals surface area contributed by atoms with Gasteiger partial charge in [-0.25, -0.2) is 14.4 Å². The predicted octanol–water partition coefficient (Wildman–Crippen LogP) is 2.38. The first-order valence-electron chi connectivity index (χ1n) is 6.05. The highest BCUT2D eigenvalue weighted by atomic mass is 35.5. The van der Waals surface area contributed by atoms with Crippen molar-refractivity contribution in [1.29, 1.82) is 0 Å². The first-order chi connectivity index (χ1) is 9.20. The number of anilines is 1. The number of hydrogen-bond acceptors (Lipinski definition) is 4. The number of rotatable bonds is 2. The molecule has 7 heteroatoms. The van der Waals surface area contributed by atoms with Crippen LogP contribution < -0.4 is 4.90 Å². The van der Waals surface area contributed by atoms with Crippen LogP contribution in [-0.4, -0.2) is 26.1 Å². The van der Waals surface area contributed by atoms with Crippen LogP contribution in [0, 0.1) is 0 Å². The number of alkyl halides is 1. The summed E-state index contributed by atoms with van der Waals surface area (Å²) in [6, 6.07) is 0.0642. The molecule has 3 rings (SSSR count). The van der Waals surface area contributed by atoms with Crippen LogP contribution in [0.5, 0.6) is 0 Å². The maximum atomic E-state index is 12.8. The summed E-state index contributed by atoms with van der Waals surface area (Å²) in [5.41, 5.74) is 0.987.